The van der Waals surface area contributed by atoms with Gasteiger partial charge in [-0.2, -0.15) is 0 Å². The fourth-order valence-corrected chi connectivity index (χ4v) is 1.20. The number of imidazole rings is 1. The van der Waals surface area contributed by atoms with E-state index in [0.29, 0.717) is 11.8 Å². The van der Waals surface area contributed by atoms with Gasteiger partial charge in [0.25, 0.3) is 0 Å². The largest absolute Gasteiger partial charge is 0.274 e. The first kappa shape index (κ1) is 9.86. The highest BCUT2D eigenvalue weighted by Gasteiger charge is 1.97. The number of rotatable bonds is 3. The van der Waals surface area contributed by atoms with Crippen molar-refractivity contribution in [2.45, 2.75) is 0 Å². The molecule has 0 unspecified atom stereocenters. The van der Waals surface area contributed by atoms with Gasteiger partial charge in [-0.05, 0) is 0 Å². The van der Waals surface area contributed by atoms with E-state index in [1.807, 2.05) is 12.2 Å². The molecule has 0 amide bonds. The lowest BCUT2D eigenvalue weighted by Gasteiger charge is -1.98. The first-order chi connectivity index (χ1) is 7.40. The summed E-state index contributed by atoms with van der Waals surface area (Å²) in [5.74, 6) is 1.10. The molecule has 4 nitrogen and oxygen atoms in total. The molecular weight excluding hydrogens is 212 g/mol. The fourth-order valence-electron chi connectivity index (χ4n) is 1.11. The SMILES string of the molecule is ClCC=Cc1cnc(-n2ccnc2)nc1. The minimum absolute atomic E-state index is 0.489. The summed E-state index contributed by atoms with van der Waals surface area (Å²) in [5, 5.41) is 0. The van der Waals surface area contributed by atoms with E-state index in [2.05, 4.69) is 15.0 Å². The molecule has 76 valence electrons. The lowest BCUT2D eigenvalue weighted by atomic mass is 10.3. The number of nitrogens with zero attached hydrogens (tertiary/aromatic N) is 4. The number of allylic oxidation sites excluding steroid dienone is 1. The van der Waals surface area contributed by atoms with Crippen LogP contribution in [0.5, 0.6) is 0 Å². The molecular formula is C10H9ClN4. The smallest absolute Gasteiger partial charge is 0.234 e. The van der Waals surface area contributed by atoms with E-state index in [0.717, 1.165) is 5.56 Å². The predicted octanol–water partition coefficient (Wildman–Crippen LogP) is 1.91. The van der Waals surface area contributed by atoms with Crippen LogP contribution >= 0.6 is 11.6 Å². The molecule has 0 fully saturated rings. The standard InChI is InChI=1S/C10H9ClN4/c11-3-1-2-9-6-13-10(14-7-9)15-5-4-12-8-15/h1-2,4-8H,3H2. The Morgan fingerprint density at radius 2 is 2.13 bits per heavy atom. The molecule has 0 radical (unpaired) electrons. The maximum Gasteiger partial charge on any atom is 0.234 e. The van der Waals surface area contributed by atoms with E-state index in [1.165, 1.54) is 0 Å². The van der Waals surface area contributed by atoms with Crippen LogP contribution in [-0.2, 0) is 0 Å². The molecule has 2 aromatic heterocycles. The molecule has 0 spiro atoms. The van der Waals surface area contributed by atoms with E-state index in [1.54, 1.807) is 35.7 Å². The normalized spacial score (nSPS) is 11.0. The summed E-state index contributed by atoms with van der Waals surface area (Å²) in [4.78, 5) is 12.3. The Bertz CT molecular complexity index is 433. The van der Waals surface area contributed by atoms with Crippen LogP contribution in [-0.4, -0.2) is 25.4 Å². The summed E-state index contributed by atoms with van der Waals surface area (Å²) >= 11 is 5.52. The Balaban J connectivity index is 2.21. The highest BCUT2D eigenvalue weighted by Crippen LogP contribution is 2.02. The van der Waals surface area contributed by atoms with Gasteiger partial charge in [0.2, 0.25) is 5.95 Å². The minimum atomic E-state index is 0.489. The zero-order valence-electron chi connectivity index (χ0n) is 7.92. The third-order valence-electron chi connectivity index (χ3n) is 1.79. The molecule has 0 bridgehead atoms. The topological polar surface area (TPSA) is 43.6 Å². The van der Waals surface area contributed by atoms with Crippen LogP contribution in [0.25, 0.3) is 12.0 Å². The molecule has 0 N–H and O–H groups in total. The summed E-state index contributed by atoms with van der Waals surface area (Å²) < 4.78 is 1.75. The number of halogens is 1. The van der Waals surface area contributed by atoms with Gasteiger partial charge < -0.3 is 0 Å². The Morgan fingerprint density at radius 3 is 2.73 bits per heavy atom. The highest BCUT2D eigenvalue weighted by molar-refractivity contribution is 6.19. The van der Waals surface area contributed by atoms with Crippen molar-refractivity contribution in [1.29, 1.82) is 0 Å². The number of alkyl halides is 1. The van der Waals surface area contributed by atoms with Gasteiger partial charge in [0.1, 0.15) is 6.33 Å². The summed E-state index contributed by atoms with van der Waals surface area (Å²) in [6.07, 6.45) is 12.3. The van der Waals surface area contributed by atoms with Crippen LogP contribution < -0.4 is 0 Å². The van der Waals surface area contributed by atoms with E-state index < -0.39 is 0 Å². The van der Waals surface area contributed by atoms with Crippen molar-refractivity contribution < 1.29 is 0 Å². The minimum Gasteiger partial charge on any atom is -0.274 e. The molecule has 2 aromatic rings. The molecule has 15 heavy (non-hydrogen) atoms. The third kappa shape index (κ3) is 2.41. The Kier molecular flexibility index (Phi) is 3.09. The van der Waals surface area contributed by atoms with Gasteiger partial charge in [-0.15, -0.1) is 11.6 Å². The quantitative estimate of drug-likeness (QED) is 0.743. The molecule has 0 saturated carbocycles. The number of hydrogen-bond donors (Lipinski definition) is 0. The first-order valence-corrected chi connectivity index (χ1v) is 4.96. The van der Waals surface area contributed by atoms with Gasteiger partial charge in [0, 0.05) is 36.2 Å². The molecule has 0 aromatic carbocycles. The predicted molar refractivity (Wildman–Crippen MR) is 58.9 cm³/mol. The summed E-state index contributed by atoms with van der Waals surface area (Å²) in [6.45, 7) is 0. The highest BCUT2D eigenvalue weighted by atomic mass is 35.5. The van der Waals surface area contributed by atoms with E-state index in [-0.39, 0.29) is 0 Å². The van der Waals surface area contributed by atoms with Gasteiger partial charge in [-0.1, -0.05) is 12.2 Å². The lowest BCUT2D eigenvalue weighted by molar-refractivity contribution is 0.923. The average Bonchev–Trinajstić information content (AvgIpc) is 2.80. The molecule has 2 rings (SSSR count). The lowest BCUT2D eigenvalue weighted by Crippen LogP contribution is -1.97. The van der Waals surface area contributed by atoms with Crippen LogP contribution in [0, 0.1) is 0 Å². The summed E-state index contributed by atoms with van der Waals surface area (Å²) in [6, 6.07) is 0. The van der Waals surface area contributed by atoms with Crippen LogP contribution in [0.1, 0.15) is 5.56 Å². The van der Waals surface area contributed by atoms with E-state index in [4.69, 9.17) is 11.6 Å². The Labute approximate surface area is 92.3 Å². The molecule has 5 heteroatoms. The van der Waals surface area contributed by atoms with Gasteiger partial charge >= 0.3 is 0 Å². The summed E-state index contributed by atoms with van der Waals surface area (Å²) in [7, 11) is 0. The van der Waals surface area contributed by atoms with Gasteiger partial charge in [0.15, 0.2) is 0 Å². The number of aromatic nitrogens is 4. The zero-order valence-corrected chi connectivity index (χ0v) is 8.67. The number of hydrogen-bond acceptors (Lipinski definition) is 3. The van der Waals surface area contributed by atoms with Crippen molar-refractivity contribution >= 4 is 17.7 Å². The van der Waals surface area contributed by atoms with Gasteiger partial charge in [-0.25, -0.2) is 15.0 Å². The van der Waals surface area contributed by atoms with E-state index >= 15 is 0 Å². The van der Waals surface area contributed by atoms with Crippen LogP contribution in [0.3, 0.4) is 0 Å². The van der Waals surface area contributed by atoms with Crippen LogP contribution in [0.4, 0.5) is 0 Å². The average molecular weight is 221 g/mol. The Morgan fingerprint density at radius 1 is 1.33 bits per heavy atom. The van der Waals surface area contributed by atoms with Crippen LogP contribution in [0.2, 0.25) is 0 Å². The second kappa shape index (κ2) is 4.70. The van der Waals surface area contributed by atoms with Crippen molar-refractivity contribution in [1.82, 2.24) is 19.5 Å². The van der Waals surface area contributed by atoms with E-state index in [9.17, 15) is 0 Å². The molecule has 0 aliphatic heterocycles. The molecule has 0 atom stereocenters. The third-order valence-corrected chi connectivity index (χ3v) is 1.97. The van der Waals surface area contributed by atoms with Crippen molar-refractivity contribution in [3.8, 4) is 5.95 Å². The zero-order chi connectivity index (χ0) is 10.5. The van der Waals surface area contributed by atoms with Crippen molar-refractivity contribution in [3.05, 3.63) is 42.8 Å². The molecule has 0 aliphatic rings. The summed E-state index contributed by atoms with van der Waals surface area (Å²) in [5.41, 5.74) is 0.930. The first-order valence-electron chi connectivity index (χ1n) is 4.43. The van der Waals surface area contributed by atoms with Crippen molar-refractivity contribution in [2.75, 3.05) is 5.88 Å². The molecule has 0 aliphatic carbocycles. The molecule has 2 heterocycles. The van der Waals surface area contributed by atoms with Crippen molar-refractivity contribution in [3.63, 3.8) is 0 Å². The van der Waals surface area contributed by atoms with Crippen LogP contribution in [0.15, 0.2) is 37.2 Å². The maximum absolute atomic E-state index is 5.52. The fraction of sp³-hybridized carbons (Fsp3) is 0.100. The molecule has 0 saturated heterocycles. The maximum atomic E-state index is 5.52. The monoisotopic (exact) mass is 220 g/mol. The second-order valence-corrected chi connectivity index (χ2v) is 3.15. The Hall–Kier alpha value is -1.68. The van der Waals surface area contributed by atoms with Gasteiger partial charge in [-0.3, -0.25) is 4.57 Å². The van der Waals surface area contributed by atoms with Gasteiger partial charge in [0.05, 0.1) is 0 Å². The van der Waals surface area contributed by atoms with Crippen molar-refractivity contribution in [2.24, 2.45) is 0 Å². The second-order valence-electron chi connectivity index (χ2n) is 2.84.